The van der Waals surface area contributed by atoms with Crippen LogP contribution >= 0.6 is 0 Å². The van der Waals surface area contributed by atoms with Crippen LogP contribution in [0.4, 0.5) is 0 Å². The average Bonchev–Trinajstić information content (AvgIpc) is 3.48. The third-order valence-corrected chi connectivity index (χ3v) is 4.90. The van der Waals surface area contributed by atoms with Gasteiger partial charge in [0.1, 0.15) is 17.8 Å². The molecule has 8 nitrogen and oxygen atoms in total. The number of hydrogen-bond acceptors (Lipinski definition) is 6. The van der Waals surface area contributed by atoms with Gasteiger partial charge in [-0.15, -0.1) is 0 Å². The molecule has 1 amide bonds. The first kappa shape index (κ1) is 20.5. The molecule has 3 heterocycles. The van der Waals surface area contributed by atoms with E-state index < -0.39 is 0 Å². The molecule has 0 radical (unpaired) electrons. The van der Waals surface area contributed by atoms with Crippen LogP contribution in [0, 0.1) is 0 Å². The fraction of sp³-hybridized carbons (Fsp3) is 0.261. The molecule has 4 rings (SSSR count). The molecule has 4 aromatic rings. The molecule has 0 fully saturated rings. The van der Waals surface area contributed by atoms with Crippen LogP contribution in [0.2, 0.25) is 0 Å². The molecule has 0 bridgehead atoms. The lowest BCUT2D eigenvalue weighted by Crippen LogP contribution is -2.23. The fourth-order valence-corrected chi connectivity index (χ4v) is 3.12. The third kappa shape index (κ3) is 4.85. The number of carbonyl (C=O) groups is 1. The second-order valence-electron chi connectivity index (χ2n) is 7.19. The molecule has 158 valence electrons. The molecule has 1 aromatic carbocycles. The van der Waals surface area contributed by atoms with Crippen LogP contribution in [-0.4, -0.2) is 30.6 Å². The van der Waals surface area contributed by atoms with Gasteiger partial charge in [-0.2, -0.15) is 4.98 Å². The molecule has 1 N–H and O–H groups in total. The molecular weight excluding hydrogens is 392 g/mol. The van der Waals surface area contributed by atoms with Crippen molar-refractivity contribution in [3.8, 4) is 17.3 Å². The van der Waals surface area contributed by atoms with Gasteiger partial charge < -0.3 is 9.84 Å². The first-order valence-electron chi connectivity index (χ1n) is 10.4. The third-order valence-electron chi connectivity index (χ3n) is 4.90. The monoisotopic (exact) mass is 416 g/mol. The van der Waals surface area contributed by atoms with Crippen molar-refractivity contribution in [2.75, 3.05) is 0 Å². The number of aromatic nitrogens is 5. The van der Waals surface area contributed by atoms with Crippen LogP contribution in [0.1, 0.15) is 47.7 Å². The maximum Gasteiger partial charge on any atom is 0.271 e. The number of benzene rings is 1. The van der Waals surface area contributed by atoms with Gasteiger partial charge >= 0.3 is 0 Å². The Morgan fingerprint density at radius 2 is 1.90 bits per heavy atom. The smallest absolute Gasteiger partial charge is 0.271 e. The maximum atomic E-state index is 12.5. The van der Waals surface area contributed by atoms with Gasteiger partial charge in [-0.25, -0.2) is 9.97 Å². The second-order valence-corrected chi connectivity index (χ2v) is 7.19. The molecule has 3 aromatic heterocycles. The summed E-state index contributed by atoms with van der Waals surface area (Å²) in [6.07, 6.45) is 7.58. The molecule has 0 aliphatic carbocycles. The number of nitrogens with one attached hydrogen (secondary N) is 1. The summed E-state index contributed by atoms with van der Waals surface area (Å²) in [7, 11) is 0. The first-order valence-corrected chi connectivity index (χ1v) is 10.4. The van der Waals surface area contributed by atoms with E-state index in [4.69, 9.17) is 4.52 Å². The summed E-state index contributed by atoms with van der Waals surface area (Å²) in [5.74, 6) is 1.49. The predicted molar refractivity (Wildman–Crippen MR) is 116 cm³/mol. The molecule has 0 saturated carbocycles. The summed E-state index contributed by atoms with van der Waals surface area (Å²) in [5.41, 5.74) is 3.39. The van der Waals surface area contributed by atoms with E-state index in [9.17, 15) is 4.79 Å². The van der Waals surface area contributed by atoms with E-state index in [1.807, 2.05) is 18.2 Å². The van der Waals surface area contributed by atoms with Crippen molar-refractivity contribution in [3.05, 3.63) is 77.8 Å². The van der Waals surface area contributed by atoms with Crippen LogP contribution in [0.25, 0.3) is 17.3 Å². The lowest BCUT2D eigenvalue weighted by atomic mass is 10.1. The van der Waals surface area contributed by atoms with E-state index >= 15 is 0 Å². The molecule has 31 heavy (non-hydrogen) atoms. The Hall–Kier alpha value is -3.81. The van der Waals surface area contributed by atoms with Crippen molar-refractivity contribution in [1.82, 2.24) is 30.0 Å². The molecule has 0 saturated heterocycles. The number of hydrogen-bond donors (Lipinski definition) is 1. The lowest BCUT2D eigenvalue weighted by Gasteiger charge is -2.05. The molecular formula is C23H24N6O2. The van der Waals surface area contributed by atoms with E-state index in [-0.39, 0.29) is 5.91 Å². The molecule has 0 atom stereocenters. The van der Waals surface area contributed by atoms with Crippen molar-refractivity contribution in [3.63, 3.8) is 0 Å². The maximum absolute atomic E-state index is 12.5. The number of aryl methyl sites for hydroxylation is 2. The summed E-state index contributed by atoms with van der Waals surface area (Å²) < 4.78 is 7.04. The van der Waals surface area contributed by atoms with Crippen molar-refractivity contribution in [1.29, 1.82) is 0 Å². The van der Waals surface area contributed by atoms with E-state index in [1.54, 1.807) is 29.4 Å². The van der Waals surface area contributed by atoms with Crippen molar-refractivity contribution < 1.29 is 9.32 Å². The number of rotatable bonds is 8. The van der Waals surface area contributed by atoms with Crippen molar-refractivity contribution in [2.45, 2.75) is 39.7 Å². The lowest BCUT2D eigenvalue weighted by molar-refractivity contribution is 0.0946. The number of carbonyl (C=O) groups excluding carboxylic acids is 1. The Labute approximate surface area is 180 Å². The number of amides is 1. The quantitative estimate of drug-likeness (QED) is 0.470. The summed E-state index contributed by atoms with van der Waals surface area (Å²) in [4.78, 5) is 25.5. The zero-order valence-electron chi connectivity index (χ0n) is 17.6. The van der Waals surface area contributed by atoms with Gasteiger partial charge in [0.05, 0.1) is 0 Å². The summed E-state index contributed by atoms with van der Waals surface area (Å²) in [5, 5.41) is 6.89. The van der Waals surface area contributed by atoms with Crippen LogP contribution in [0.15, 0.2) is 59.6 Å². The van der Waals surface area contributed by atoms with Crippen LogP contribution in [0.3, 0.4) is 0 Å². The molecule has 0 unspecified atom stereocenters. The molecule has 0 spiro atoms. The minimum atomic E-state index is -0.240. The zero-order chi connectivity index (χ0) is 21.6. The van der Waals surface area contributed by atoms with E-state index in [0.717, 1.165) is 30.4 Å². The van der Waals surface area contributed by atoms with Gasteiger partial charge in [0.2, 0.25) is 0 Å². The normalized spacial score (nSPS) is 10.9. The average molecular weight is 416 g/mol. The number of pyridine rings is 1. The topological polar surface area (TPSA) is 98.7 Å². The van der Waals surface area contributed by atoms with E-state index in [2.05, 4.69) is 51.4 Å². The Morgan fingerprint density at radius 3 is 2.68 bits per heavy atom. The predicted octanol–water partition coefficient (Wildman–Crippen LogP) is 3.76. The highest BCUT2D eigenvalue weighted by Crippen LogP contribution is 2.19. The highest BCUT2D eigenvalue weighted by Gasteiger charge is 2.13. The fourth-order valence-electron chi connectivity index (χ4n) is 3.12. The summed E-state index contributed by atoms with van der Waals surface area (Å²) >= 11 is 0. The molecule has 0 aliphatic rings. The van der Waals surface area contributed by atoms with Gasteiger partial charge in [0.25, 0.3) is 11.8 Å². The Kier molecular flexibility index (Phi) is 6.16. The second kappa shape index (κ2) is 9.34. The molecule has 8 heteroatoms. The number of imidazole rings is 1. The Bertz CT molecular complexity index is 1160. The van der Waals surface area contributed by atoms with E-state index in [1.165, 1.54) is 5.56 Å². The van der Waals surface area contributed by atoms with Gasteiger partial charge in [-0.05, 0) is 36.1 Å². The molecule has 0 aliphatic heterocycles. The van der Waals surface area contributed by atoms with Gasteiger partial charge in [-0.1, -0.05) is 43.3 Å². The minimum Gasteiger partial charge on any atom is -0.347 e. The van der Waals surface area contributed by atoms with Gasteiger partial charge in [0, 0.05) is 30.9 Å². The van der Waals surface area contributed by atoms with Crippen LogP contribution in [0.5, 0.6) is 0 Å². The minimum absolute atomic E-state index is 0.240. The standard InChI is InChI=1S/C23H24N6O2/c1-3-5-20-27-23(31-28-20)18-10-11-24-21(12-18)29-14-19(26-15-29)22(30)25-13-17-8-6-16(4-2)7-9-17/h6-12,14-15H,3-5,13H2,1-2H3,(H,25,30). The summed E-state index contributed by atoms with van der Waals surface area (Å²) in [6, 6.07) is 11.8. The van der Waals surface area contributed by atoms with Gasteiger partial charge in [0.15, 0.2) is 5.82 Å². The van der Waals surface area contributed by atoms with Crippen LogP contribution in [-0.2, 0) is 19.4 Å². The van der Waals surface area contributed by atoms with Crippen LogP contribution < -0.4 is 5.32 Å². The van der Waals surface area contributed by atoms with Gasteiger partial charge in [-0.3, -0.25) is 9.36 Å². The van der Waals surface area contributed by atoms with E-state index in [0.29, 0.717) is 29.8 Å². The zero-order valence-corrected chi connectivity index (χ0v) is 17.6. The SMILES string of the molecule is CCCc1noc(-c2ccnc(-n3cnc(C(=O)NCc4ccc(CC)cc4)c3)c2)n1. The van der Waals surface area contributed by atoms with Crippen molar-refractivity contribution >= 4 is 5.91 Å². The summed E-state index contributed by atoms with van der Waals surface area (Å²) in [6.45, 7) is 4.62. The van der Waals surface area contributed by atoms with Crippen molar-refractivity contribution in [2.24, 2.45) is 0 Å². The highest BCUT2D eigenvalue weighted by atomic mass is 16.5. The largest absolute Gasteiger partial charge is 0.347 e. The first-order chi connectivity index (χ1) is 15.2. The Morgan fingerprint density at radius 1 is 1.10 bits per heavy atom. The Balaban J connectivity index is 1.44. The highest BCUT2D eigenvalue weighted by molar-refractivity contribution is 5.92. The number of nitrogens with zero attached hydrogens (tertiary/aromatic N) is 5.